The maximum atomic E-state index is 12.7. The third-order valence-corrected chi connectivity index (χ3v) is 4.44. The molecule has 1 aromatic carbocycles. The summed E-state index contributed by atoms with van der Waals surface area (Å²) >= 11 is 5.90. The van der Waals surface area contributed by atoms with Crippen LogP contribution in [-0.4, -0.2) is 29.9 Å². The first kappa shape index (κ1) is 19.2. The third-order valence-electron chi connectivity index (χ3n) is 4.19. The van der Waals surface area contributed by atoms with Gasteiger partial charge in [0.15, 0.2) is 0 Å². The molecule has 0 spiro atoms. The van der Waals surface area contributed by atoms with Gasteiger partial charge in [0.1, 0.15) is 12.6 Å². The number of hydrogen-bond donors (Lipinski definition) is 2. The molecule has 1 aromatic heterocycles. The maximum Gasteiger partial charge on any atom is 0.340 e. The number of H-pyrrole nitrogens is 1. The topological polar surface area (TPSA) is 75.8 Å². The fourth-order valence-corrected chi connectivity index (χ4v) is 3.00. The van der Waals surface area contributed by atoms with Crippen molar-refractivity contribution in [1.82, 2.24) is 4.98 Å². The van der Waals surface area contributed by atoms with Crippen molar-refractivity contribution >= 4 is 23.4 Å². The average molecular weight is 364 g/mol. The highest BCUT2D eigenvalue weighted by Gasteiger charge is 2.26. The van der Waals surface area contributed by atoms with Gasteiger partial charge in [0.05, 0.1) is 17.7 Å². The van der Waals surface area contributed by atoms with Crippen LogP contribution in [0.1, 0.15) is 57.6 Å². The lowest BCUT2D eigenvalue weighted by molar-refractivity contribution is -0.681. The molecule has 1 heterocycles. The minimum atomic E-state index is -0.460. The Balaban J connectivity index is 2.13. The number of nitrogens with one attached hydrogen (secondary N) is 1. The van der Waals surface area contributed by atoms with Gasteiger partial charge in [0.2, 0.25) is 5.78 Å². The molecule has 2 rings (SSSR count). The van der Waals surface area contributed by atoms with Gasteiger partial charge >= 0.3 is 5.97 Å². The van der Waals surface area contributed by atoms with E-state index in [2.05, 4.69) is 4.98 Å². The highest BCUT2D eigenvalue weighted by molar-refractivity contribution is 6.30. The fourth-order valence-electron chi connectivity index (χ4n) is 2.88. The number of halogens is 1. The first-order chi connectivity index (χ1) is 11.8. The quantitative estimate of drug-likeness (QED) is 0.586. The van der Waals surface area contributed by atoms with E-state index in [-0.39, 0.29) is 25.0 Å². The second-order valence-electron chi connectivity index (χ2n) is 6.05. The van der Waals surface area contributed by atoms with Crippen LogP contribution in [-0.2, 0) is 4.74 Å². The van der Waals surface area contributed by atoms with E-state index < -0.39 is 5.97 Å². The van der Waals surface area contributed by atoms with Gasteiger partial charge in [-0.15, -0.1) is 0 Å². The number of esters is 1. The summed E-state index contributed by atoms with van der Waals surface area (Å²) in [5.41, 5.74) is 3.21. The van der Waals surface area contributed by atoms with Gasteiger partial charge in [-0.2, -0.15) is 0 Å². The van der Waals surface area contributed by atoms with Crippen LogP contribution in [0.15, 0.2) is 24.3 Å². The number of ether oxygens (including phenoxy) is 1. The van der Waals surface area contributed by atoms with E-state index in [0.717, 1.165) is 5.56 Å². The number of rotatable bonds is 7. The summed E-state index contributed by atoms with van der Waals surface area (Å²) < 4.78 is 5.09. The molecule has 2 aromatic rings. The molecule has 0 aliphatic carbocycles. The molecule has 0 saturated heterocycles. The van der Waals surface area contributed by atoms with Crippen LogP contribution in [0.3, 0.4) is 0 Å². The molecule has 25 heavy (non-hydrogen) atoms. The molecule has 0 fully saturated rings. The van der Waals surface area contributed by atoms with E-state index >= 15 is 0 Å². The molecule has 0 radical (unpaired) electrons. The van der Waals surface area contributed by atoms with Crippen LogP contribution in [0.25, 0.3) is 0 Å². The van der Waals surface area contributed by atoms with Gasteiger partial charge in [0, 0.05) is 22.0 Å². The van der Waals surface area contributed by atoms with Gasteiger partial charge in [-0.25, -0.2) is 4.79 Å². The maximum absolute atomic E-state index is 12.7. The minimum absolute atomic E-state index is 0.0919. The number of quaternary nitrogens is 1. The molecule has 1 atom stereocenters. The molecule has 5 nitrogen and oxygen atoms in total. The number of ketones is 1. The van der Waals surface area contributed by atoms with Gasteiger partial charge in [-0.05, 0) is 39.8 Å². The monoisotopic (exact) mass is 363 g/mol. The van der Waals surface area contributed by atoms with Crippen LogP contribution in [0.4, 0.5) is 0 Å². The molecule has 134 valence electrons. The van der Waals surface area contributed by atoms with E-state index in [1.807, 2.05) is 36.5 Å². The second kappa shape index (κ2) is 8.32. The van der Waals surface area contributed by atoms with Gasteiger partial charge in [-0.1, -0.05) is 23.7 Å². The van der Waals surface area contributed by atoms with Crippen LogP contribution < -0.4 is 5.32 Å². The lowest BCUT2D eigenvalue weighted by atomic mass is 10.0. The van der Waals surface area contributed by atoms with Crippen molar-refractivity contribution in [3.8, 4) is 0 Å². The van der Waals surface area contributed by atoms with E-state index in [0.29, 0.717) is 27.5 Å². The summed E-state index contributed by atoms with van der Waals surface area (Å²) in [4.78, 5) is 28.0. The average Bonchev–Trinajstić information content (AvgIpc) is 2.87. The van der Waals surface area contributed by atoms with Crippen LogP contribution in [0.2, 0.25) is 5.02 Å². The van der Waals surface area contributed by atoms with Crippen molar-refractivity contribution < 1.29 is 19.6 Å². The van der Waals surface area contributed by atoms with E-state index in [1.54, 1.807) is 20.8 Å². The molecule has 0 bridgehead atoms. The Labute approximate surface area is 152 Å². The number of carbonyl (C=O) groups excluding carboxylic acids is 2. The van der Waals surface area contributed by atoms with Crippen LogP contribution in [0.5, 0.6) is 0 Å². The molecule has 0 amide bonds. The summed E-state index contributed by atoms with van der Waals surface area (Å²) in [6.07, 6.45) is 0. The number of hydrogen-bond acceptors (Lipinski definition) is 3. The molecule has 3 N–H and O–H groups in total. The number of aromatic nitrogens is 1. The van der Waals surface area contributed by atoms with Crippen molar-refractivity contribution in [2.24, 2.45) is 0 Å². The molecule has 0 unspecified atom stereocenters. The van der Waals surface area contributed by atoms with E-state index in [4.69, 9.17) is 16.3 Å². The van der Waals surface area contributed by atoms with Gasteiger partial charge in [0.25, 0.3) is 0 Å². The lowest BCUT2D eigenvalue weighted by Gasteiger charge is -2.11. The molecular weight excluding hydrogens is 340 g/mol. The Kier molecular flexibility index (Phi) is 6.39. The Morgan fingerprint density at radius 3 is 2.36 bits per heavy atom. The fraction of sp³-hybridized carbons (Fsp3) is 0.368. The number of nitrogens with two attached hydrogens (primary N) is 1. The molecule has 0 aliphatic rings. The Hall–Kier alpha value is -2.11. The first-order valence-electron chi connectivity index (χ1n) is 8.33. The second-order valence-corrected chi connectivity index (χ2v) is 6.49. The zero-order chi connectivity index (χ0) is 18.6. The highest BCUT2D eigenvalue weighted by atomic mass is 35.5. The van der Waals surface area contributed by atoms with Crippen LogP contribution >= 0.6 is 11.6 Å². The van der Waals surface area contributed by atoms with E-state index in [1.165, 1.54) is 0 Å². The first-order valence-corrected chi connectivity index (χ1v) is 8.71. The van der Waals surface area contributed by atoms with Gasteiger partial charge in [-0.3, -0.25) is 4.79 Å². The van der Waals surface area contributed by atoms with Crippen molar-refractivity contribution in [1.29, 1.82) is 0 Å². The van der Waals surface area contributed by atoms with Crippen molar-refractivity contribution in [2.75, 3.05) is 13.2 Å². The summed E-state index contributed by atoms with van der Waals surface area (Å²) in [6.45, 7) is 7.86. The highest BCUT2D eigenvalue weighted by Crippen LogP contribution is 2.20. The Morgan fingerprint density at radius 2 is 1.76 bits per heavy atom. The predicted molar refractivity (Wildman–Crippen MR) is 97.2 cm³/mol. The molecule has 6 heteroatoms. The Morgan fingerprint density at radius 1 is 1.16 bits per heavy atom. The Bertz CT molecular complexity index is 766. The number of aromatic amines is 1. The molecular formula is C19H24ClN2O3+. The standard InChI is InChI=1S/C19H23ClN2O3/c1-5-25-19(24)18-13(4)22-12(3)17(18)16(23)10-21-11(2)14-6-8-15(20)9-7-14/h6-9,11,21-22H,5,10H2,1-4H3/p+1/t11-/m1/s1. The van der Waals surface area contributed by atoms with Crippen molar-refractivity contribution in [3.63, 3.8) is 0 Å². The lowest BCUT2D eigenvalue weighted by Crippen LogP contribution is -2.86. The smallest absolute Gasteiger partial charge is 0.340 e. The van der Waals surface area contributed by atoms with Crippen molar-refractivity contribution in [3.05, 3.63) is 57.4 Å². The SMILES string of the molecule is CCOC(=O)c1c(C)[nH]c(C)c1C(=O)C[NH2+][C@H](C)c1ccc(Cl)cc1. The zero-order valence-corrected chi connectivity index (χ0v) is 15.7. The number of aryl methyl sites for hydroxylation is 2. The minimum Gasteiger partial charge on any atom is -0.462 e. The largest absolute Gasteiger partial charge is 0.462 e. The number of Topliss-reactive ketones (excluding diaryl/α,β-unsaturated/α-hetero) is 1. The van der Waals surface area contributed by atoms with Gasteiger partial charge < -0.3 is 15.0 Å². The third kappa shape index (κ3) is 4.50. The summed E-state index contributed by atoms with van der Waals surface area (Å²) in [6, 6.07) is 7.67. The molecule has 0 saturated carbocycles. The zero-order valence-electron chi connectivity index (χ0n) is 15.0. The summed E-state index contributed by atoms with van der Waals surface area (Å²) in [5.74, 6) is -0.552. The normalized spacial score (nSPS) is 12.0. The molecule has 0 aliphatic heterocycles. The van der Waals surface area contributed by atoms with Crippen LogP contribution in [0, 0.1) is 13.8 Å². The summed E-state index contributed by atoms with van der Waals surface area (Å²) in [5, 5.41) is 2.63. The number of benzene rings is 1. The van der Waals surface area contributed by atoms with E-state index in [9.17, 15) is 9.59 Å². The van der Waals surface area contributed by atoms with Crippen molar-refractivity contribution in [2.45, 2.75) is 33.7 Å². The summed E-state index contributed by atoms with van der Waals surface area (Å²) in [7, 11) is 0. The predicted octanol–water partition coefficient (Wildman–Crippen LogP) is 2.97. The number of carbonyl (C=O) groups is 2.